The van der Waals surface area contributed by atoms with Crippen molar-refractivity contribution in [1.82, 2.24) is 9.88 Å². The quantitative estimate of drug-likeness (QED) is 0.549. The van der Waals surface area contributed by atoms with Gasteiger partial charge >= 0.3 is 5.97 Å². The number of carbonyl (C=O) groups excluding carboxylic acids is 2. The van der Waals surface area contributed by atoms with Gasteiger partial charge in [-0.2, -0.15) is 5.26 Å². The predicted octanol–water partition coefficient (Wildman–Crippen LogP) is 0.863. The third-order valence-electron chi connectivity index (χ3n) is 4.14. The number of rotatable bonds is 7. The summed E-state index contributed by atoms with van der Waals surface area (Å²) in [5.74, 6) is -0.419. The summed E-state index contributed by atoms with van der Waals surface area (Å²) in [6, 6.07) is 12.2. The van der Waals surface area contributed by atoms with Crippen LogP contribution < -0.4 is 20.1 Å². The van der Waals surface area contributed by atoms with Gasteiger partial charge in [0.2, 0.25) is 5.91 Å². The zero-order valence-electron chi connectivity index (χ0n) is 16.7. The van der Waals surface area contributed by atoms with Crippen molar-refractivity contribution < 1.29 is 18.7 Å². The van der Waals surface area contributed by atoms with Gasteiger partial charge < -0.3 is 14.5 Å². The number of hydrogen-bond donors (Lipinski definition) is 1. The summed E-state index contributed by atoms with van der Waals surface area (Å²) in [4.78, 5) is 37.3. The second kappa shape index (κ2) is 10.2. The highest BCUT2D eigenvalue weighted by Crippen LogP contribution is 2.03. The SMILES string of the molecule is CCOC(=O)/C=c1\s/c(=C/c2ccc(C#N)cc2)c(=O)n1CC(=O)NCc1ccco1. The number of thiazole rings is 1. The molecule has 1 amide bonds. The van der Waals surface area contributed by atoms with Crippen LogP contribution in [0.15, 0.2) is 51.9 Å². The molecule has 3 rings (SSSR count). The van der Waals surface area contributed by atoms with E-state index in [0.29, 0.717) is 20.5 Å². The van der Waals surface area contributed by atoms with E-state index in [-0.39, 0.29) is 19.7 Å². The lowest BCUT2D eigenvalue weighted by atomic mass is 10.1. The molecule has 0 saturated carbocycles. The number of benzene rings is 1. The number of amides is 1. The minimum atomic E-state index is -0.599. The summed E-state index contributed by atoms with van der Waals surface area (Å²) in [6.07, 6.45) is 4.35. The number of aromatic nitrogens is 1. The highest BCUT2D eigenvalue weighted by molar-refractivity contribution is 7.07. The molecule has 2 aromatic heterocycles. The molecule has 8 nitrogen and oxygen atoms in total. The Bertz CT molecular complexity index is 1280. The number of furan rings is 1. The van der Waals surface area contributed by atoms with Crippen molar-refractivity contribution in [1.29, 1.82) is 5.26 Å². The summed E-state index contributed by atoms with van der Waals surface area (Å²) < 4.78 is 12.0. The lowest BCUT2D eigenvalue weighted by Crippen LogP contribution is -2.38. The molecule has 158 valence electrons. The van der Waals surface area contributed by atoms with Crippen LogP contribution in [0.2, 0.25) is 0 Å². The maximum absolute atomic E-state index is 12.9. The summed E-state index contributed by atoms with van der Waals surface area (Å²) in [7, 11) is 0. The smallest absolute Gasteiger partial charge is 0.333 e. The fourth-order valence-corrected chi connectivity index (χ4v) is 3.71. The number of nitrogens with zero attached hydrogens (tertiary/aromatic N) is 2. The van der Waals surface area contributed by atoms with Crippen molar-refractivity contribution in [3.63, 3.8) is 0 Å². The summed E-state index contributed by atoms with van der Waals surface area (Å²) in [5, 5.41) is 11.6. The molecule has 31 heavy (non-hydrogen) atoms. The zero-order chi connectivity index (χ0) is 22.2. The number of esters is 1. The molecule has 0 fully saturated rings. The topological polar surface area (TPSA) is 114 Å². The van der Waals surface area contributed by atoms with Crippen LogP contribution in [-0.4, -0.2) is 23.1 Å². The highest BCUT2D eigenvalue weighted by atomic mass is 32.1. The minimum absolute atomic E-state index is 0.186. The molecular formula is C22H19N3O5S. The van der Waals surface area contributed by atoms with Crippen molar-refractivity contribution in [2.24, 2.45) is 0 Å². The van der Waals surface area contributed by atoms with Crippen LogP contribution in [0.25, 0.3) is 12.2 Å². The Morgan fingerprint density at radius 1 is 1.29 bits per heavy atom. The van der Waals surface area contributed by atoms with Crippen molar-refractivity contribution >= 4 is 35.4 Å². The lowest BCUT2D eigenvalue weighted by Gasteiger charge is -2.04. The van der Waals surface area contributed by atoms with E-state index in [2.05, 4.69) is 5.32 Å². The Kier molecular flexibility index (Phi) is 7.19. The third kappa shape index (κ3) is 5.81. The van der Waals surface area contributed by atoms with Crippen molar-refractivity contribution in [2.75, 3.05) is 6.61 Å². The van der Waals surface area contributed by atoms with Gasteiger partial charge in [-0.3, -0.25) is 14.2 Å². The zero-order valence-corrected chi connectivity index (χ0v) is 17.5. The van der Waals surface area contributed by atoms with Gasteiger partial charge in [0.05, 0.1) is 41.7 Å². The second-order valence-electron chi connectivity index (χ2n) is 6.33. The molecule has 3 aromatic rings. The van der Waals surface area contributed by atoms with E-state index in [1.807, 2.05) is 6.07 Å². The summed E-state index contributed by atoms with van der Waals surface area (Å²) in [5.41, 5.74) is 0.817. The van der Waals surface area contributed by atoms with Gasteiger partial charge in [-0.1, -0.05) is 12.1 Å². The first-order chi connectivity index (χ1) is 15.0. The van der Waals surface area contributed by atoms with Crippen LogP contribution in [0, 0.1) is 11.3 Å². The number of hydrogen-bond acceptors (Lipinski definition) is 7. The van der Waals surface area contributed by atoms with E-state index >= 15 is 0 Å². The van der Waals surface area contributed by atoms with Crippen LogP contribution >= 0.6 is 11.3 Å². The molecule has 0 radical (unpaired) electrons. The molecule has 0 atom stereocenters. The standard InChI is InChI=1S/C22H19N3O5S/c1-2-29-21(27)11-20-25(14-19(26)24-13-17-4-3-9-30-17)22(28)18(31-20)10-15-5-7-16(12-23)8-6-15/h3-11H,2,13-14H2,1H3,(H,24,26)/b18-10+,20-11-. The molecule has 0 aliphatic rings. The van der Waals surface area contributed by atoms with Gasteiger partial charge in [-0.25, -0.2) is 4.79 Å². The van der Waals surface area contributed by atoms with E-state index in [1.165, 1.54) is 16.9 Å². The fourth-order valence-electron chi connectivity index (χ4n) is 2.68. The molecule has 0 unspecified atom stereocenters. The average Bonchev–Trinajstić information content (AvgIpc) is 3.37. The van der Waals surface area contributed by atoms with Crippen LogP contribution in [0.4, 0.5) is 0 Å². The van der Waals surface area contributed by atoms with Crippen molar-refractivity contribution in [3.8, 4) is 6.07 Å². The maximum atomic E-state index is 12.9. The molecular weight excluding hydrogens is 418 g/mol. The van der Waals surface area contributed by atoms with Gasteiger partial charge in [0.1, 0.15) is 17.0 Å². The minimum Gasteiger partial charge on any atom is -0.467 e. The van der Waals surface area contributed by atoms with Crippen LogP contribution in [0.5, 0.6) is 0 Å². The Morgan fingerprint density at radius 2 is 2.06 bits per heavy atom. The maximum Gasteiger partial charge on any atom is 0.333 e. The van der Waals surface area contributed by atoms with Gasteiger partial charge in [-0.15, -0.1) is 11.3 Å². The summed E-state index contributed by atoms with van der Waals surface area (Å²) >= 11 is 1.08. The van der Waals surface area contributed by atoms with Gasteiger partial charge in [-0.05, 0) is 42.8 Å². The van der Waals surface area contributed by atoms with Crippen LogP contribution in [0.3, 0.4) is 0 Å². The third-order valence-corrected chi connectivity index (χ3v) is 5.20. The predicted molar refractivity (Wildman–Crippen MR) is 114 cm³/mol. The number of ether oxygens (including phenoxy) is 1. The monoisotopic (exact) mass is 437 g/mol. The molecule has 0 aliphatic heterocycles. The fraction of sp³-hybridized carbons (Fsp3) is 0.182. The first-order valence-corrected chi connectivity index (χ1v) is 10.2. The molecule has 0 spiro atoms. The first kappa shape index (κ1) is 21.8. The van der Waals surface area contributed by atoms with Crippen molar-refractivity contribution in [3.05, 3.63) is 79.1 Å². The molecule has 9 heteroatoms. The second-order valence-corrected chi connectivity index (χ2v) is 7.39. The summed E-state index contributed by atoms with van der Waals surface area (Å²) in [6.45, 7) is 1.80. The van der Waals surface area contributed by atoms with E-state index in [9.17, 15) is 14.4 Å². The van der Waals surface area contributed by atoms with Crippen LogP contribution in [0.1, 0.15) is 23.8 Å². The molecule has 0 aliphatic carbocycles. The van der Waals surface area contributed by atoms with Gasteiger partial charge in [0, 0.05) is 0 Å². The van der Waals surface area contributed by atoms with E-state index in [1.54, 1.807) is 49.4 Å². The normalized spacial score (nSPS) is 11.9. The number of carbonyl (C=O) groups is 2. The van der Waals surface area contributed by atoms with Gasteiger partial charge in [0.25, 0.3) is 5.56 Å². The molecule has 0 saturated heterocycles. The Morgan fingerprint density at radius 3 is 2.71 bits per heavy atom. The Hall–Kier alpha value is -3.90. The van der Waals surface area contributed by atoms with Gasteiger partial charge in [0.15, 0.2) is 0 Å². The van der Waals surface area contributed by atoms with Crippen LogP contribution in [-0.2, 0) is 27.4 Å². The number of nitrogens with one attached hydrogen (secondary N) is 1. The molecule has 1 N–H and O–H groups in total. The van der Waals surface area contributed by atoms with E-state index in [4.69, 9.17) is 14.4 Å². The lowest BCUT2D eigenvalue weighted by molar-refractivity contribution is -0.135. The molecule has 2 heterocycles. The average molecular weight is 437 g/mol. The molecule has 0 bridgehead atoms. The van der Waals surface area contributed by atoms with Crippen molar-refractivity contribution in [2.45, 2.75) is 20.0 Å². The highest BCUT2D eigenvalue weighted by Gasteiger charge is 2.11. The molecule has 1 aromatic carbocycles. The first-order valence-electron chi connectivity index (χ1n) is 9.39. The van der Waals surface area contributed by atoms with E-state index in [0.717, 1.165) is 16.9 Å². The Labute approximate surface area is 181 Å². The Balaban J connectivity index is 1.94. The number of nitriles is 1. The van der Waals surface area contributed by atoms with E-state index < -0.39 is 17.4 Å². The largest absolute Gasteiger partial charge is 0.467 e.